The van der Waals surface area contributed by atoms with E-state index < -0.39 is 5.97 Å². The molecule has 0 aliphatic carbocycles. The second-order valence-corrected chi connectivity index (χ2v) is 5.34. The van der Waals surface area contributed by atoms with Gasteiger partial charge in [0.25, 0.3) is 0 Å². The van der Waals surface area contributed by atoms with Gasteiger partial charge in [0.05, 0.1) is 18.3 Å². The minimum Gasteiger partial charge on any atom is -0.481 e. The predicted molar refractivity (Wildman–Crippen MR) is 66.1 cm³/mol. The maximum atomic E-state index is 11.6. The Morgan fingerprint density at radius 1 is 1.53 bits per heavy atom. The van der Waals surface area contributed by atoms with Crippen molar-refractivity contribution in [3.8, 4) is 0 Å². The third-order valence-corrected chi connectivity index (χ3v) is 3.92. The Kier molecular flexibility index (Phi) is 5.77. The molecule has 0 bridgehead atoms. The quantitative estimate of drug-likeness (QED) is 0.678. The van der Waals surface area contributed by atoms with Crippen molar-refractivity contribution in [3.63, 3.8) is 0 Å². The van der Waals surface area contributed by atoms with Gasteiger partial charge in [0.2, 0.25) is 5.91 Å². The maximum Gasteiger partial charge on any atom is 0.306 e. The molecule has 1 heterocycles. The largest absolute Gasteiger partial charge is 0.481 e. The van der Waals surface area contributed by atoms with Crippen LogP contribution in [0.3, 0.4) is 0 Å². The van der Waals surface area contributed by atoms with Crippen LogP contribution in [0.25, 0.3) is 0 Å². The fraction of sp³-hybridized carbons (Fsp3) is 0.818. The van der Waals surface area contributed by atoms with Gasteiger partial charge in [-0.3, -0.25) is 9.59 Å². The van der Waals surface area contributed by atoms with Gasteiger partial charge < -0.3 is 14.7 Å². The normalized spacial score (nSPS) is 17.6. The number of amides is 1. The van der Waals surface area contributed by atoms with Crippen LogP contribution < -0.4 is 0 Å². The highest BCUT2D eigenvalue weighted by molar-refractivity contribution is 7.99. The Hall–Kier alpha value is -0.750. The molecule has 1 aliphatic heterocycles. The molecular formula is C11H19NO4S. The summed E-state index contributed by atoms with van der Waals surface area (Å²) in [6.45, 7) is 3.51. The smallest absolute Gasteiger partial charge is 0.306 e. The van der Waals surface area contributed by atoms with Crippen LogP contribution in [0, 0.1) is 11.8 Å². The minimum atomic E-state index is -0.781. The summed E-state index contributed by atoms with van der Waals surface area (Å²) in [6.07, 6.45) is 0. The number of methoxy groups -OCH3 is 1. The Balaban J connectivity index is 2.14. The predicted octanol–water partition coefficient (Wildman–Crippen LogP) is 0.545. The van der Waals surface area contributed by atoms with Gasteiger partial charge in [0, 0.05) is 31.9 Å². The van der Waals surface area contributed by atoms with Gasteiger partial charge in [0.1, 0.15) is 0 Å². The van der Waals surface area contributed by atoms with E-state index in [4.69, 9.17) is 9.84 Å². The molecule has 1 unspecified atom stereocenters. The number of carbonyl (C=O) groups excluding carboxylic acids is 1. The average Bonchev–Trinajstić information content (AvgIpc) is 2.22. The van der Waals surface area contributed by atoms with E-state index in [-0.39, 0.29) is 17.7 Å². The standard InChI is InChI=1S/C11H19NO4S/c1-8(11(14)15)9-5-12(6-9)10(13)7-17-4-3-16-2/h8-9H,3-7H2,1-2H3,(H,14,15). The van der Waals surface area contributed by atoms with Gasteiger partial charge in [-0.15, -0.1) is 11.8 Å². The lowest BCUT2D eigenvalue weighted by molar-refractivity contribution is -0.149. The van der Waals surface area contributed by atoms with Crippen LogP contribution in [0.15, 0.2) is 0 Å². The SMILES string of the molecule is COCCSCC(=O)N1CC(C(C)C(=O)O)C1. The summed E-state index contributed by atoms with van der Waals surface area (Å²) in [5.41, 5.74) is 0. The highest BCUT2D eigenvalue weighted by atomic mass is 32.2. The highest BCUT2D eigenvalue weighted by Gasteiger charge is 2.36. The number of thioether (sulfide) groups is 1. The lowest BCUT2D eigenvalue weighted by atomic mass is 9.87. The zero-order valence-corrected chi connectivity index (χ0v) is 11.0. The van der Waals surface area contributed by atoms with E-state index in [0.717, 1.165) is 5.75 Å². The van der Waals surface area contributed by atoms with E-state index in [0.29, 0.717) is 25.4 Å². The third kappa shape index (κ3) is 4.20. The molecule has 0 aromatic heterocycles. The molecule has 0 aromatic rings. The van der Waals surface area contributed by atoms with Gasteiger partial charge in [-0.25, -0.2) is 0 Å². The van der Waals surface area contributed by atoms with E-state index in [1.807, 2.05) is 0 Å². The van der Waals surface area contributed by atoms with Crippen LogP contribution in [0.5, 0.6) is 0 Å². The first kappa shape index (κ1) is 14.3. The van der Waals surface area contributed by atoms with Crippen molar-refractivity contribution in [1.82, 2.24) is 4.90 Å². The maximum absolute atomic E-state index is 11.6. The summed E-state index contributed by atoms with van der Waals surface area (Å²) >= 11 is 1.55. The molecule has 1 fully saturated rings. The summed E-state index contributed by atoms with van der Waals surface area (Å²) in [7, 11) is 1.63. The van der Waals surface area contributed by atoms with Crippen LogP contribution in [0.2, 0.25) is 0 Å². The van der Waals surface area contributed by atoms with Crippen LogP contribution in [-0.4, -0.2) is 60.2 Å². The third-order valence-electron chi connectivity index (χ3n) is 3.02. The molecule has 17 heavy (non-hydrogen) atoms. The van der Waals surface area contributed by atoms with E-state index in [2.05, 4.69) is 0 Å². The number of hydrogen-bond acceptors (Lipinski definition) is 4. The van der Waals surface area contributed by atoms with Crippen LogP contribution >= 0.6 is 11.8 Å². The van der Waals surface area contributed by atoms with Crippen molar-refractivity contribution in [2.45, 2.75) is 6.92 Å². The Labute approximate surface area is 105 Å². The fourth-order valence-corrected chi connectivity index (χ4v) is 2.41. The first-order valence-corrected chi connectivity index (χ1v) is 6.79. The molecule has 1 rings (SSSR count). The second-order valence-electron chi connectivity index (χ2n) is 4.23. The molecule has 6 heteroatoms. The van der Waals surface area contributed by atoms with E-state index in [1.165, 1.54) is 0 Å². The van der Waals surface area contributed by atoms with Gasteiger partial charge in [-0.1, -0.05) is 6.92 Å². The van der Waals surface area contributed by atoms with E-state index in [9.17, 15) is 9.59 Å². The van der Waals surface area contributed by atoms with Gasteiger partial charge in [-0.2, -0.15) is 0 Å². The molecule has 98 valence electrons. The number of ether oxygens (including phenoxy) is 1. The van der Waals surface area contributed by atoms with Gasteiger partial charge >= 0.3 is 5.97 Å². The first-order chi connectivity index (χ1) is 8.06. The number of nitrogens with zero attached hydrogens (tertiary/aromatic N) is 1. The Morgan fingerprint density at radius 2 is 2.18 bits per heavy atom. The Morgan fingerprint density at radius 3 is 2.71 bits per heavy atom. The number of carboxylic acids is 1. The van der Waals surface area contributed by atoms with Crippen molar-refractivity contribution in [3.05, 3.63) is 0 Å². The summed E-state index contributed by atoms with van der Waals surface area (Å²) in [6, 6.07) is 0. The Bertz CT molecular complexity index is 279. The fourth-order valence-electron chi connectivity index (χ4n) is 1.63. The van der Waals surface area contributed by atoms with Crippen molar-refractivity contribution in [1.29, 1.82) is 0 Å². The zero-order chi connectivity index (χ0) is 12.8. The van der Waals surface area contributed by atoms with Crippen LogP contribution in [0.1, 0.15) is 6.92 Å². The molecule has 1 atom stereocenters. The summed E-state index contributed by atoms with van der Waals surface area (Å²) in [4.78, 5) is 24.1. The van der Waals surface area contributed by atoms with Crippen molar-refractivity contribution >= 4 is 23.6 Å². The van der Waals surface area contributed by atoms with Crippen molar-refractivity contribution in [2.24, 2.45) is 11.8 Å². The lowest BCUT2D eigenvalue weighted by Crippen LogP contribution is -2.54. The number of rotatable bonds is 7. The molecule has 1 N–H and O–H groups in total. The monoisotopic (exact) mass is 261 g/mol. The average molecular weight is 261 g/mol. The number of likely N-dealkylation sites (tertiary alicyclic amines) is 1. The topological polar surface area (TPSA) is 66.8 Å². The number of carboxylic acid groups (broad SMARTS) is 1. The minimum absolute atomic E-state index is 0.0972. The number of carbonyl (C=O) groups is 2. The first-order valence-electron chi connectivity index (χ1n) is 5.63. The molecular weight excluding hydrogens is 242 g/mol. The molecule has 5 nitrogen and oxygen atoms in total. The molecule has 1 amide bonds. The van der Waals surface area contributed by atoms with Crippen molar-refractivity contribution in [2.75, 3.05) is 38.3 Å². The lowest BCUT2D eigenvalue weighted by Gasteiger charge is -2.41. The molecule has 0 aromatic carbocycles. The number of hydrogen-bond donors (Lipinski definition) is 1. The van der Waals surface area contributed by atoms with E-state index >= 15 is 0 Å². The van der Waals surface area contributed by atoms with Gasteiger partial charge in [-0.05, 0) is 0 Å². The number of aliphatic carboxylic acids is 1. The summed E-state index contributed by atoms with van der Waals surface area (Å²) < 4.78 is 4.89. The second kappa shape index (κ2) is 6.86. The van der Waals surface area contributed by atoms with Gasteiger partial charge in [0.15, 0.2) is 0 Å². The van der Waals surface area contributed by atoms with Crippen molar-refractivity contribution < 1.29 is 19.4 Å². The highest BCUT2D eigenvalue weighted by Crippen LogP contribution is 2.24. The van der Waals surface area contributed by atoms with Crippen LogP contribution in [-0.2, 0) is 14.3 Å². The van der Waals surface area contributed by atoms with Crippen LogP contribution in [0.4, 0.5) is 0 Å². The summed E-state index contributed by atoms with van der Waals surface area (Å²) in [5.74, 6) is 0.333. The molecule has 0 saturated carbocycles. The van der Waals surface area contributed by atoms with E-state index in [1.54, 1.807) is 30.7 Å². The molecule has 0 radical (unpaired) electrons. The molecule has 1 saturated heterocycles. The summed E-state index contributed by atoms with van der Waals surface area (Å²) in [5, 5.41) is 8.82. The molecule has 0 spiro atoms. The molecule has 1 aliphatic rings. The zero-order valence-electron chi connectivity index (χ0n) is 10.2.